The van der Waals surface area contributed by atoms with E-state index in [1.54, 1.807) is 0 Å². The predicted molar refractivity (Wildman–Crippen MR) is 92.9 cm³/mol. The Labute approximate surface area is 148 Å². The number of aliphatic hydroxyl groups is 1. The summed E-state index contributed by atoms with van der Waals surface area (Å²) >= 11 is 0. The first-order valence-corrected chi connectivity index (χ1v) is 9.40. The number of hydrogen-bond acceptors (Lipinski definition) is 3. The van der Waals surface area contributed by atoms with Gasteiger partial charge in [-0.25, -0.2) is 4.39 Å². The number of allylic oxidation sites excluding steroid dienone is 4. The summed E-state index contributed by atoms with van der Waals surface area (Å²) in [6.45, 7) is 5.69. The first-order valence-electron chi connectivity index (χ1n) is 9.40. The Hall–Kier alpha value is -1.42. The van der Waals surface area contributed by atoms with Crippen LogP contribution in [0.4, 0.5) is 4.39 Å². The number of esters is 1. The van der Waals surface area contributed by atoms with Crippen molar-refractivity contribution in [2.24, 2.45) is 28.6 Å². The molecule has 4 aliphatic carbocycles. The number of fused-ring (bicyclic) bond motifs is 5. The summed E-state index contributed by atoms with van der Waals surface area (Å²) in [7, 11) is 0. The molecular weight excluding hydrogens is 319 g/mol. The summed E-state index contributed by atoms with van der Waals surface area (Å²) < 4.78 is 20.0. The van der Waals surface area contributed by atoms with Gasteiger partial charge in [-0.2, -0.15) is 0 Å². The van der Waals surface area contributed by atoms with Crippen LogP contribution in [0.1, 0.15) is 52.9 Å². The van der Waals surface area contributed by atoms with E-state index in [0.717, 1.165) is 19.3 Å². The van der Waals surface area contributed by atoms with Crippen molar-refractivity contribution in [1.82, 2.24) is 0 Å². The van der Waals surface area contributed by atoms with E-state index in [2.05, 4.69) is 26.0 Å². The van der Waals surface area contributed by atoms with Crippen molar-refractivity contribution in [2.45, 2.75) is 59.0 Å². The van der Waals surface area contributed by atoms with Gasteiger partial charge in [0.05, 0.1) is 6.10 Å². The molecule has 4 rings (SSSR count). The van der Waals surface area contributed by atoms with Gasteiger partial charge in [0.1, 0.15) is 11.6 Å². The fourth-order valence-electron chi connectivity index (χ4n) is 6.13. The Morgan fingerprint density at radius 3 is 2.80 bits per heavy atom. The number of halogens is 1. The normalized spacial score (nSPS) is 45.4. The Balaban J connectivity index is 1.68. The average Bonchev–Trinajstić information content (AvgIpc) is 2.79. The maximum Gasteiger partial charge on any atom is 0.307 e. The van der Waals surface area contributed by atoms with Crippen LogP contribution < -0.4 is 0 Å². The van der Waals surface area contributed by atoms with Crippen molar-refractivity contribution in [1.29, 1.82) is 0 Å². The molecule has 1 fully saturated rings. The monoisotopic (exact) mass is 346 g/mol. The zero-order chi connectivity index (χ0) is 18.0. The largest absolute Gasteiger partial charge is 0.428 e. The minimum atomic E-state index is -0.434. The van der Waals surface area contributed by atoms with Gasteiger partial charge in [0.2, 0.25) is 0 Å². The molecule has 0 bridgehead atoms. The second kappa shape index (κ2) is 5.54. The quantitative estimate of drug-likeness (QED) is 0.564. The number of carbonyl (C=O) groups is 1. The van der Waals surface area contributed by atoms with Gasteiger partial charge in [0.15, 0.2) is 0 Å². The van der Waals surface area contributed by atoms with E-state index in [1.165, 1.54) is 12.5 Å². The standard InChI is InChI=1S/C21H27FO3/c1-12(23)25-19-18(22)11-17-15-5-4-13-10-14(24)6-8-20(13,2)16(15)7-9-21(17,19)3/h4,6,8,14-17,24H,5,7,9-11H2,1-3H3/t14?,15-,16+,17+,20+,21+/m1/s1. The van der Waals surface area contributed by atoms with Crippen LogP contribution in [-0.2, 0) is 9.53 Å². The van der Waals surface area contributed by atoms with Crippen LogP contribution in [0, 0.1) is 28.6 Å². The van der Waals surface area contributed by atoms with E-state index in [4.69, 9.17) is 4.74 Å². The molecule has 0 aromatic carbocycles. The van der Waals surface area contributed by atoms with Crippen molar-refractivity contribution in [3.05, 3.63) is 35.4 Å². The molecule has 1 saturated carbocycles. The molecule has 0 aromatic heterocycles. The third-order valence-electron chi connectivity index (χ3n) is 7.43. The Morgan fingerprint density at radius 1 is 1.32 bits per heavy atom. The van der Waals surface area contributed by atoms with Crippen molar-refractivity contribution in [3.63, 3.8) is 0 Å². The first kappa shape index (κ1) is 17.0. The topological polar surface area (TPSA) is 46.5 Å². The zero-order valence-electron chi connectivity index (χ0n) is 15.2. The van der Waals surface area contributed by atoms with Crippen molar-refractivity contribution in [2.75, 3.05) is 0 Å². The smallest absolute Gasteiger partial charge is 0.307 e. The van der Waals surface area contributed by atoms with Gasteiger partial charge in [-0.1, -0.05) is 37.6 Å². The third-order valence-corrected chi connectivity index (χ3v) is 7.43. The van der Waals surface area contributed by atoms with E-state index in [9.17, 15) is 14.3 Å². The van der Waals surface area contributed by atoms with Crippen LogP contribution in [-0.4, -0.2) is 17.2 Å². The van der Waals surface area contributed by atoms with Crippen LogP contribution in [0.25, 0.3) is 0 Å². The van der Waals surface area contributed by atoms with Gasteiger partial charge in [-0.3, -0.25) is 4.79 Å². The van der Waals surface area contributed by atoms with Crippen LogP contribution in [0.15, 0.2) is 35.4 Å². The molecule has 25 heavy (non-hydrogen) atoms. The molecule has 0 aliphatic heterocycles. The zero-order valence-corrected chi connectivity index (χ0v) is 15.2. The highest BCUT2D eigenvalue weighted by molar-refractivity contribution is 5.67. The highest BCUT2D eigenvalue weighted by Crippen LogP contribution is 2.65. The Bertz CT molecular complexity index is 706. The summed E-state index contributed by atoms with van der Waals surface area (Å²) in [6, 6.07) is 0. The maximum atomic E-state index is 14.7. The summed E-state index contributed by atoms with van der Waals surface area (Å²) in [5.74, 6) is 0.632. The molecule has 1 N–H and O–H groups in total. The Morgan fingerprint density at radius 2 is 2.08 bits per heavy atom. The molecule has 0 aromatic rings. The summed E-state index contributed by atoms with van der Waals surface area (Å²) in [5, 5.41) is 9.97. The van der Waals surface area contributed by atoms with E-state index < -0.39 is 5.97 Å². The van der Waals surface area contributed by atoms with Crippen LogP contribution in [0.2, 0.25) is 0 Å². The van der Waals surface area contributed by atoms with Crippen LogP contribution in [0.5, 0.6) is 0 Å². The molecule has 1 unspecified atom stereocenters. The molecule has 0 radical (unpaired) electrons. The van der Waals surface area contributed by atoms with Crippen molar-refractivity contribution >= 4 is 5.97 Å². The van der Waals surface area contributed by atoms with Crippen molar-refractivity contribution in [3.8, 4) is 0 Å². The van der Waals surface area contributed by atoms with Crippen LogP contribution in [0.3, 0.4) is 0 Å². The molecule has 4 aliphatic rings. The molecule has 6 atom stereocenters. The lowest BCUT2D eigenvalue weighted by atomic mass is 9.49. The maximum absolute atomic E-state index is 14.7. The number of hydrogen-bond donors (Lipinski definition) is 1. The molecule has 136 valence electrons. The second-order valence-electron chi connectivity index (χ2n) is 8.74. The third kappa shape index (κ3) is 2.37. The Kier molecular flexibility index (Phi) is 3.77. The van der Waals surface area contributed by atoms with Crippen molar-refractivity contribution < 1.29 is 19.0 Å². The average molecular weight is 346 g/mol. The molecule has 4 heteroatoms. The minimum Gasteiger partial charge on any atom is -0.428 e. The SMILES string of the molecule is CC(=O)OC1=C(F)C[C@H]2[C@@H]3CC=C4CC(O)C=C[C@]4(C)[C@H]3CC[C@]12C. The second-order valence-corrected chi connectivity index (χ2v) is 8.74. The minimum absolute atomic E-state index is 0.0376. The van der Waals surface area contributed by atoms with Gasteiger partial charge >= 0.3 is 5.97 Å². The first-order chi connectivity index (χ1) is 11.8. The summed E-state index contributed by atoms with van der Waals surface area (Å²) in [4.78, 5) is 11.4. The number of carbonyl (C=O) groups excluding carboxylic acids is 1. The fraction of sp³-hybridized carbons (Fsp3) is 0.667. The lowest BCUT2D eigenvalue weighted by Gasteiger charge is -2.55. The van der Waals surface area contributed by atoms with Gasteiger partial charge in [0, 0.05) is 24.2 Å². The molecule has 0 saturated heterocycles. The molecule has 3 nitrogen and oxygen atoms in total. The molecule has 0 amide bonds. The molecular formula is C21H27FO3. The molecule has 0 heterocycles. The lowest BCUT2D eigenvalue weighted by Crippen LogP contribution is -2.49. The summed E-state index contributed by atoms with van der Waals surface area (Å²) in [6.07, 6.45) is 9.85. The van der Waals surface area contributed by atoms with Gasteiger partial charge in [-0.05, 0) is 43.4 Å². The van der Waals surface area contributed by atoms with E-state index in [1.807, 2.05) is 6.08 Å². The predicted octanol–water partition coefficient (Wildman–Crippen LogP) is 4.44. The van der Waals surface area contributed by atoms with Gasteiger partial charge in [0.25, 0.3) is 0 Å². The summed E-state index contributed by atoms with van der Waals surface area (Å²) in [5.41, 5.74) is 0.916. The molecule has 0 spiro atoms. The fourth-order valence-corrected chi connectivity index (χ4v) is 6.13. The van der Waals surface area contributed by atoms with E-state index >= 15 is 0 Å². The number of aliphatic hydroxyl groups excluding tert-OH is 1. The number of rotatable bonds is 1. The van der Waals surface area contributed by atoms with Crippen LogP contribution >= 0.6 is 0 Å². The van der Waals surface area contributed by atoms with Gasteiger partial charge < -0.3 is 9.84 Å². The highest BCUT2D eigenvalue weighted by Gasteiger charge is 2.58. The lowest BCUT2D eigenvalue weighted by molar-refractivity contribution is -0.140. The van der Waals surface area contributed by atoms with Gasteiger partial charge in [-0.15, -0.1) is 0 Å². The van der Waals surface area contributed by atoms with E-state index in [-0.39, 0.29) is 34.4 Å². The highest BCUT2D eigenvalue weighted by atomic mass is 19.1. The van der Waals surface area contributed by atoms with E-state index in [0.29, 0.717) is 24.7 Å². The number of ether oxygens (including phenoxy) is 1.